The highest BCUT2D eigenvalue weighted by molar-refractivity contribution is 7.87. The molecular weight excluding hydrogens is 268 g/mol. The minimum atomic E-state index is -3.64. The van der Waals surface area contributed by atoms with E-state index in [1.54, 1.807) is 6.92 Å². The van der Waals surface area contributed by atoms with Gasteiger partial charge in [0.25, 0.3) is 10.2 Å². The molecule has 0 unspecified atom stereocenters. The Balaban J connectivity index is 2.97. The molecule has 0 bridgehead atoms. The number of amidine groups is 1. The molecule has 1 rings (SSSR count). The highest BCUT2D eigenvalue weighted by Gasteiger charge is 2.38. The average Bonchev–Trinajstić information content (AvgIpc) is 2.31. The Labute approximate surface area is 114 Å². The Bertz CT molecular complexity index is 400. The molecule has 0 heterocycles. The molecular formula is C11H24N4O3S. The molecule has 0 radical (unpaired) electrons. The summed E-state index contributed by atoms with van der Waals surface area (Å²) in [7, 11) is -3.64. The third kappa shape index (κ3) is 4.63. The normalized spacial score (nSPS) is 21.6. The molecule has 0 atom stereocenters. The van der Waals surface area contributed by atoms with Crippen LogP contribution in [0.15, 0.2) is 5.16 Å². The van der Waals surface area contributed by atoms with Crippen molar-refractivity contribution in [3.05, 3.63) is 0 Å². The van der Waals surface area contributed by atoms with Gasteiger partial charge in [0.1, 0.15) is 0 Å². The minimum absolute atomic E-state index is 0.0594. The molecule has 0 aliphatic heterocycles. The predicted octanol–water partition coefficient (Wildman–Crippen LogP) is 0.660. The maximum Gasteiger partial charge on any atom is 0.277 e. The van der Waals surface area contributed by atoms with Crippen LogP contribution < -0.4 is 15.2 Å². The van der Waals surface area contributed by atoms with Crippen LogP contribution in [-0.4, -0.2) is 31.5 Å². The van der Waals surface area contributed by atoms with Crippen molar-refractivity contribution in [1.82, 2.24) is 9.44 Å². The predicted molar refractivity (Wildman–Crippen MR) is 74.2 cm³/mol. The second-order valence-electron chi connectivity index (χ2n) is 4.94. The number of rotatable bonds is 5. The Hall–Kier alpha value is -0.860. The van der Waals surface area contributed by atoms with Crippen LogP contribution in [0.3, 0.4) is 0 Å². The third-order valence-corrected chi connectivity index (χ3v) is 4.80. The Morgan fingerprint density at radius 3 is 2.26 bits per heavy atom. The van der Waals surface area contributed by atoms with E-state index in [0.717, 1.165) is 32.1 Å². The van der Waals surface area contributed by atoms with Crippen LogP contribution in [0.2, 0.25) is 0 Å². The largest absolute Gasteiger partial charge is 0.409 e. The van der Waals surface area contributed by atoms with E-state index in [4.69, 9.17) is 10.9 Å². The van der Waals surface area contributed by atoms with Crippen LogP contribution in [0.4, 0.5) is 0 Å². The minimum Gasteiger partial charge on any atom is -0.409 e. The first-order valence-electron chi connectivity index (χ1n) is 6.72. The SMILES string of the molecule is CCNS(=O)(=O)NC1(C(N)=NO)CCCCCCC1. The lowest BCUT2D eigenvalue weighted by atomic mass is 9.84. The van der Waals surface area contributed by atoms with E-state index in [1.165, 1.54) is 0 Å². The van der Waals surface area contributed by atoms with Gasteiger partial charge >= 0.3 is 0 Å². The first kappa shape index (κ1) is 16.2. The summed E-state index contributed by atoms with van der Waals surface area (Å²) in [5, 5.41) is 12.0. The molecule has 0 amide bonds. The molecule has 1 aliphatic rings. The van der Waals surface area contributed by atoms with Crippen molar-refractivity contribution >= 4 is 16.0 Å². The van der Waals surface area contributed by atoms with Crippen LogP contribution >= 0.6 is 0 Å². The van der Waals surface area contributed by atoms with Crippen molar-refractivity contribution < 1.29 is 13.6 Å². The summed E-state index contributed by atoms with van der Waals surface area (Å²) in [6.45, 7) is 2.00. The third-order valence-electron chi connectivity index (χ3n) is 3.47. The van der Waals surface area contributed by atoms with Crippen molar-refractivity contribution in [1.29, 1.82) is 0 Å². The van der Waals surface area contributed by atoms with Gasteiger partial charge in [-0.25, -0.2) is 4.72 Å². The van der Waals surface area contributed by atoms with Gasteiger partial charge in [-0.05, 0) is 12.8 Å². The van der Waals surface area contributed by atoms with Gasteiger partial charge in [-0.3, -0.25) is 0 Å². The lowest BCUT2D eigenvalue weighted by Crippen LogP contribution is -2.60. The molecule has 112 valence electrons. The van der Waals surface area contributed by atoms with Crippen molar-refractivity contribution in [2.45, 2.75) is 57.4 Å². The van der Waals surface area contributed by atoms with E-state index >= 15 is 0 Å². The van der Waals surface area contributed by atoms with Gasteiger partial charge in [-0.15, -0.1) is 0 Å². The van der Waals surface area contributed by atoms with Gasteiger partial charge in [0.15, 0.2) is 5.84 Å². The molecule has 0 aromatic heterocycles. The zero-order chi connectivity index (χ0) is 14.4. The molecule has 1 saturated carbocycles. The summed E-state index contributed by atoms with van der Waals surface area (Å²) in [5.41, 5.74) is 4.78. The number of hydrogen-bond acceptors (Lipinski definition) is 4. The van der Waals surface area contributed by atoms with Crippen LogP contribution in [-0.2, 0) is 10.2 Å². The zero-order valence-corrected chi connectivity index (χ0v) is 12.2. The maximum absolute atomic E-state index is 11.9. The molecule has 0 spiro atoms. The van der Waals surface area contributed by atoms with Gasteiger partial charge < -0.3 is 10.9 Å². The highest BCUT2D eigenvalue weighted by atomic mass is 32.2. The fourth-order valence-electron chi connectivity index (χ4n) is 2.50. The average molecular weight is 292 g/mol. The highest BCUT2D eigenvalue weighted by Crippen LogP contribution is 2.27. The Morgan fingerprint density at radius 2 is 1.79 bits per heavy atom. The van der Waals surface area contributed by atoms with E-state index in [0.29, 0.717) is 19.4 Å². The molecule has 7 nitrogen and oxygen atoms in total. The summed E-state index contributed by atoms with van der Waals surface area (Å²) < 4.78 is 28.8. The molecule has 0 aromatic rings. The van der Waals surface area contributed by atoms with Crippen LogP contribution in [0.25, 0.3) is 0 Å². The fraction of sp³-hybridized carbons (Fsp3) is 0.909. The molecule has 8 heteroatoms. The van der Waals surface area contributed by atoms with E-state index in [2.05, 4.69) is 14.6 Å². The van der Waals surface area contributed by atoms with E-state index < -0.39 is 15.7 Å². The number of oxime groups is 1. The van der Waals surface area contributed by atoms with Crippen LogP contribution in [0, 0.1) is 0 Å². The summed E-state index contributed by atoms with van der Waals surface area (Å²) in [5.74, 6) is -0.0594. The Kier molecular flexibility index (Phi) is 6.02. The van der Waals surface area contributed by atoms with Crippen molar-refractivity contribution in [2.24, 2.45) is 10.9 Å². The summed E-state index contributed by atoms with van der Waals surface area (Å²) in [6, 6.07) is 0. The second-order valence-corrected chi connectivity index (χ2v) is 6.44. The van der Waals surface area contributed by atoms with E-state index in [-0.39, 0.29) is 5.84 Å². The lowest BCUT2D eigenvalue weighted by Gasteiger charge is -2.34. The molecule has 19 heavy (non-hydrogen) atoms. The van der Waals surface area contributed by atoms with Gasteiger partial charge in [-0.1, -0.05) is 44.2 Å². The quantitative estimate of drug-likeness (QED) is 0.258. The summed E-state index contributed by atoms with van der Waals surface area (Å²) in [4.78, 5) is 0. The fourth-order valence-corrected chi connectivity index (χ4v) is 3.77. The van der Waals surface area contributed by atoms with Crippen molar-refractivity contribution in [3.8, 4) is 0 Å². The van der Waals surface area contributed by atoms with Gasteiger partial charge in [0.2, 0.25) is 0 Å². The molecule has 5 N–H and O–H groups in total. The topological polar surface area (TPSA) is 117 Å². The lowest BCUT2D eigenvalue weighted by molar-refractivity contribution is 0.299. The number of nitrogens with one attached hydrogen (secondary N) is 2. The maximum atomic E-state index is 11.9. The van der Waals surface area contributed by atoms with Crippen LogP contribution in [0.1, 0.15) is 51.9 Å². The van der Waals surface area contributed by atoms with Crippen molar-refractivity contribution in [3.63, 3.8) is 0 Å². The molecule has 1 fully saturated rings. The van der Waals surface area contributed by atoms with Gasteiger partial charge in [0, 0.05) is 6.54 Å². The number of nitrogens with two attached hydrogens (primary N) is 1. The van der Waals surface area contributed by atoms with E-state index in [1.807, 2.05) is 0 Å². The second kappa shape index (κ2) is 7.06. The van der Waals surface area contributed by atoms with Crippen LogP contribution in [0.5, 0.6) is 0 Å². The summed E-state index contributed by atoms with van der Waals surface area (Å²) >= 11 is 0. The van der Waals surface area contributed by atoms with Gasteiger partial charge in [0.05, 0.1) is 5.54 Å². The number of hydrogen-bond donors (Lipinski definition) is 4. The first-order chi connectivity index (χ1) is 8.96. The van der Waals surface area contributed by atoms with Gasteiger partial charge in [-0.2, -0.15) is 13.1 Å². The monoisotopic (exact) mass is 292 g/mol. The molecule has 1 aliphatic carbocycles. The van der Waals surface area contributed by atoms with Crippen molar-refractivity contribution in [2.75, 3.05) is 6.54 Å². The summed E-state index contributed by atoms with van der Waals surface area (Å²) in [6.07, 6.45) is 6.01. The smallest absolute Gasteiger partial charge is 0.277 e. The van der Waals surface area contributed by atoms with E-state index in [9.17, 15) is 8.42 Å². The molecule has 0 saturated heterocycles. The Morgan fingerprint density at radius 1 is 1.26 bits per heavy atom. The first-order valence-corrected chi connectivity index (χ1v) is 8.20. The number of nitrogens with zero attached hydrogens (tertiary/aromatic N) is 1. The zero-order valence-electron chi connectivity index (χ0n) is 11.4. The standard InChI is InChI=1S/C11H24N4O3S/c1-2-13-19(17,18)15-11(10(12)14-16)8-6-4-3-5-7-9-11/h13,15-16H,2-9H2,1H3,(H2,12,14). The molecule has 0 aromatic carbocycles.